The molecule has 1 saturated carbocycles. The predicted octanol–water partition coefficient (Wildman–Crippen LogP) is 6.40. The Morgan fingerprint density at radius 3 is 2.45 bits per heavy atom. The van der Waals surface area contributed by atoms with E-state index < -0.39 is 16.6 Å². The molecule has 1 fully saturated rings. The topological polar surface area (TPSA) is 158 Å². The predicted molar refractivity (Wildman–Crippen MR) is 168 cm³/mol. The zero-order valence-electron chi connectivity index (χ0n) is 25.8. The van der Waals surface area contributed by atoms with Crippen molar-refractivity contribution >= 4 is 29.5 Å². The maximum Gasteiger partial charge on any atom is 0.407 e. The molecule has 0 saturated heterocycles. The zero-order chi connectivity index (χ0) is 31.9. The van der Waals surface area contributed by atoms with E-state index in [-0.39, 0.29) is 35.5 Å². The second-order valence-corrected chi connectivity index (χ2v) is 11.8. The number of nitrogens with one attached hydrogen (secondary N) is 3. The van der Waals surface area contributed by atoms with Gasteiger partial charge in [-0.15, -0.1) is 0 Å². The lowest BCUT2D eigenvalue weighted by Crippen LogP contribution is -2.42. The summed E-state index contributed by atoms with van der Waals surface area (Å²) in [5.74, 6) is 0.0415. The smallest absolute Gasteiger partial charge is 0.407 e. The van der Waals surface area contributed by atoms with Gasteiger partial charge in [0.2, 0.25) is 11.8 Å². The van der Waals surface area contributed by atoms with Crippen LogP contribution >= 0.6 is 0 Å². The van der Waals surface area contributed by atoms with E-state index in [4.69, 9.17) is 9.47 Å². The van der Waals surface area contributed by atoms with Gasteiger partial charge in [0.05, 0.1) is 17.1 Å². The molecule has 4 rings (SSSR count). The molecule has 1 heterocycles. The minimum atomic E-state index is -0.570. The van der Waals surface area contributed by atoms with E-state index in [0.29, 0.717) is 44.4 Å². The number of hydrogen-bond donors (Lipinski definition) is 3. The Morgan fingerprint density at radius 1 is 1.07 bits per heavy atom. The molecule has 12 heteroatoms. The Morgan fingerprint density at radius 2 is 1.77 bits per heavy atom. The third-order valence-corrected chi connectivity index (χ3v) is 7.32. The number of esters is 1. The molecule has 2 aromatic carbocycles. The first kappa shape index (κ1) is 32.2. The number of carbonyl (C=O) groups excluding carboxylic acids is 2. The summed E-state index contributed by atoms with van der Waals surface area (Å²) in [4.78, 5) is 44.2. The van der Waals surface area contributed by atoms with Gasteiger partial charge in [-0.1, -0.05) is 30.3 Å². The first-order valence-electron chi connectivity index (χ1n) is 14.8. The Labute approximate surface area is 257 Å². The number of amides is 1. The number of benzene rings is 2. The molecule has 1 aliphatic rings. The van der Waals surface area contributed by atoms with Crippen LogP contribution in [0.3, 0.4) is 0 Å². The van der Waals surface area contributed by atoms with Crippen LogP contribution in [0.5, 0.6) is 0 Å². The lowest BCUT2D eigenvalue weighted by atomic mass is 9.91. The highest BCUT2D eigenvalue weighted by molar-refractivity contribution is 5.91. The third-order valence-electron chi connectivity index (χ3n) is 7.32. The number of hydrogen-bond acceptors (Lipinski definition) is 10. The van der Waals surface area contributed by atoms with Gasteiger partial charge in [0.15, 0.2) is 0 Å². The summed E-state index contributed by atoms with van der Waals surface area (Å²) in [6, 6.07) is 13.2. The van der Waals surface area contributed by atoms with Gasteiger partial charge in [0.25, 0.3) is 0 Å². The molecule has 0 atom stereocenters. The lowest BCUT2D eigenvalue weighted by Gasteiger charge is -2.30. The number of nitro groups is 1. The zero-order valence-corrected chi connectivity index (χ0v) is 25.8. The van der Waals surface area contributed by atoms with Crippen LogP contribution in [-0.4, -0.2) is 51.2 Å². The van der Waals surface area contributed by atoms with Crippen molar-refractivity contribution in [3.63, 3.8) is 0 Å². The first-order chi connectivity index (χ1) is 20.9. The highest BCUT2D eigenvalue weighted by Gasteiger charge is 2.27. The fourth-order valence-corrected chi connectivity index (χ4v) is 5.14. The maximum absolute atomic E-state index is 12.2. The summed E-state index contributed by atoms with van der Waals surface area (Å²) in [5.41, 5.74) is 3.57. The van der Waals surface area contributed by atoms with Crippen LogP contribution in [0.2, 0.25) is 0 Å². The van der Waals surface area contributed by atoms with E-state index >= 15 is 0 Å². The molecule has 3 aromatic rings. The molecule has 1 aliphatic carbocycles. The van der Waals surface area contributed by atoms with Crippen molar-refractivity contribution in [2.75, 3.05) is 17.2 Å². The highest BCUT2D eigenvalue weighted by atomic mass is 16.6. The van der Waals surface area contributed by atoms with Crippen molar-refractivity contribution in [3.8, 4) is 11.1 Å². The number of ether oxygens (including phenoxy) is 2. The average molecular weight is 605 g/mol. The van der Waals surface area contributed by atoms with Gasteiger partial charge in [0, 0.05) is 18.6 Å². The summed E-state index contributed by atoms with van der Waals surface area (Å²) >= 11 is 0. The number of aromatic nitrogens is 2. The van der Waals surface area contributed by atoms with E-state index in [0.717, 1.165) is 22.3 Å². The minimum Gasteiger partial charge on any atom is -0.462 e. The molecule has 0 radical (unpaired) electrons. The van der Waals surface area contributed by atoms with E-state index in [1.165, 1.54) is 6.20 Å². The first-order valence-corrected chi connectivity index (χ1v) is 14.8. The van der Waals surface area contributed by atoms with Gasteiger partial charge < -0.3 is 25.4 Å². The Bertz CT molecular complexity index is 1500. The van der Waals surface area contributed by atoms with Gasteiger partial charge in [-0.25, -0.2) is 14.6 Å². The van der Waals surface area contributed by atoms with Crippen molar-refractivity contribution in [1.82, 2.24) is 15.3 Å². The fourth-order valence-electron chi connectivity index (χ4n) is 5.14. The van der Waals surface area contributed by atoms with Crippen molar-refractivity contribution in [2.24, 2.45) is 0 Å². The number of anilines is 2. The van der Waals surface area contributed by atoms with Crippen LogP contribution < -0.4 is 16.0 Å². The molecular formula is C32H40N6O6. The number of rotatable bonds is 10. The molecular weight excluding hydrogens is 564 g/mol. The minimum absolute atomic E-state index is 0.0212. The molecule has 0 spiro atoms. The van der Waals surface area contributed by atoms with E-state index in [1.807, 2.05) is 64.1 Å². The Balaban J connectivity index is 1.42. The van der Waals surface area contributed by atoms with Crippen LogP contribution in [0.15, 0.2) is 48.7 Å². The van der Waals surface area contributed by atoms with Gasteiger partial charge >= 0.3 is 17.7 Å². The standard InChI is InChI=1S/C32H40N6O6/c1-6-43-29(39)22-10-7-9-21(17-22)26-12-8-11-23(20(26)2)18-33-30-34-19-27(38(41)42)28(37-30)35-24-13-15-25(16-14-24)36-31(40)44-32(3,4)5/h7-12,17,19,24-25H,6,13-16,18H2,1-5H3,(H,36,40)(H2,33,34,35,37)/t24-,25-. The van der Waals surface area contributed by atoms with E-state index in [2.05, 4.69) is 25.9 Å². The number of carbonyl (C=O) groups is 2. The van der Waals surface area contributed by atoms with E-state index in [9.17, 15) is 19.7 Å². The highest BCUT2D eigenvalue weighted by Crippen LogP contribution is 2.29. The molecule has 1 amide bonds. The summed E-state index contributed by atoms with van der Waals surface area (Å²) in [7, 11) is 0. The molecule has 44 heavy (non-hydrogen) atoms. The Kier molecular flexibility index (Phi) is 10.4. The van der Waals surface area contributed by atoms with Crippen molar-refractivity contribution in [1.29, 1.82) is 0 Å². The second-order valence-electron chi connectivity index (χ2n) is 11.8. The molecule has 0 aliphatic heterocycles. The SMILES string of the molecule is CCOC(=O)c1cccc(-c2cccc(CNc3ncc([N+](=O)[O-])c(N[C@H]4CC[C@H](NC(=O)OC(C)(C)C)CC4)n3)c2C)c1. The van der Waals surface area contributed by atoms with Crippen LogP contribution in [0, 0.1) is 17.0 Å². The second kappa shape index (κ2) is 14.2. The normalized spacial score (nSPS) is 16.5. The summed E-state index contributed by atoms with van der Waals surface area (Å²) < 4.78 is 10.5. The van der Waals surface area contributed by atoms with Crippen LogP contribution in [-0.2, 0) is 16.0 Å². The van der Waals surface area contributed by atoms with Crippen molar-refractivity contribution in [3.05, 3.63) is 75.5 Å². The van der Waals surface area contributed by atoms with Crippen molar-refractivity contribution in [2.45, 2.75) is 84.5 Å². The van der Waals surface area contributed by atoms with E-state index in [1.54, 1.807) is 13.0 Å². The van der Waals surface area contributed by atoms with Crippen LogP contribution in [0.25, 0.3) is 11.1 Å². The molecule has 1 aromatic heterocycles. The van der Waals surface area contributed by atoms with Crippen LogP contribution in [0.1, 0.15) is 74.9 Å². The largest absolute Gasteiger partial charge is 0.462 e. The Hall–Kier alpha value is -4.74. The number of alkyl carbamates (subject to hydrolysis) is 1. The monoisotopic (exact) mass is 604 g/mol. The average Bonchev–Trinajstić information content (AvgIpc) is 2.97. The fraction of sp³-hybridized carbons (Fsp3) is 0.438. The van der Waals surface area contributed by atoms with Gasteiger partial charge in [-0.2, -0.15) is 4.98 Å². The van der Waals surface area contributed by atoms with Crippen molar-refractivity contribution < 1.29 is 24.0 Å². The number of nitrogens with zero attached hydrogens (tertiary/aromatic N) is 3. The van der Waals surface area contributed by atoms with Gasteiger partial charge in [-0.3, -0.25) is 10.1 Å². The maximum atomic E-state index is 12.2. The molecule has 0 unspecified atom stereocenters. The quantitative estimate of drug-likeness (QED) is 0.134. The van der Waals surface area contributed by atoms with Gasteiger partial charge in [-0.05, 0) is 94.7 Å². The van der Waals surface area contributed by atoms with Crippen LogP contribution in [0.4, 0.5) is 22.2 Å². The molecule has 0 bridgehead atoms. The molecule has 12 nitrogen and oxygen atoms in total. The lowest BCUT2D eigenvalue weighted by molar-refractivity contribution is -0.384. The third kappa shape index (κ3) is 8.65. The molecule has 3 N–H and O–H groups in total. The summed E-state index contributed by atoms with van der Waals surface area (Å²) in [6.07, 6.45) is 3.58. The summed E-state index contributed by atoms with van der Waals surface area (Å²) in [6.45, 7) is 9.92. The van der Waals surface area contributed by atoms with Gasteiger partial charge in [0.1, 0.15) is 11.8 Å². The summed E-state index contributed by atoms with van der Waals surface area (Å²) in [5, 5.41) is 21.1. The molecule has 234 valence electrons.